The molecule has 0 aliphatic carbocycles. The summed E-state index contributed by atoms with van der Waals surface area (Å²) in [6.07, 6.45) is 6.46. The van der Waals surface area contributed by atoms with Gasteiger partial charge in [0, 0.05) is 26.0 Å². The Morgan fingerprint density at radius 3 is 2.62 bits per heavy atom. The summed E-state index contributed by atoms with van der Waals surface area (Å²) in [6.45, 7) is 4.12. The van der Waals surface area contributed by atoms with E-state index < -0.39 is 0 Å². The molecule has 1 atom stereocenters. The van der Waals surface area contributed by atoms with Crippen molar-refractivity contribution in [2.75, 3.05) is 20.3 Å². The van der Waals surface area contributed by atoms with E-state index >= 15 is 0 Å². The van der Waals surface area contributed by atoms with Gasteiger partial charge in [-0.15, -0.1) is 24.0 Å². The number of halogens is 2. The molecule has 0 saturated carbocycles. The molecule has 0 spiro atoms. The standard InChI is InChI=1S/C9H17ClN2.ClH/c1-3-4-9(10)7-12-6-5-11(2)8-12;/h5-6,9H,3-4,7-8H2,1-2H3;1H. The van der Waals surface area contributed by atoms with E-state index in [1.54, 1.807) is 0 Å². The van der Waals surface area contributed by atoms with Crippen molar-refractivity contribution in [3.8, 4) is 0 Å². The van der Waals surface area contributed by atoms with Gasteiger partial charge in [-0.3, -0.25) is 0 Å². The zero-order valence-electron chi connectivity index (χ0n) is 8.24. The molecule has 1 unspecified atom stereocenters. The first-order valence-electron chi connectivity index (χ1n) is 4.49. The van der Waals surface area contributed by atoms with Crippen LogP contribution in [0.3, 0.4) is 0 Å². The smallest absolute Gasteiger partial charge is 0.0891 e. The fourth-order valence-electron chi connectivity index (χ4n) is 1.37. The Kier molecular flexibility index (Phi) is 6.35. The Morgan fingerprint density at radius 1 is 1.46 bits per heavy atom. The van der Waals surface area contributed by atoms with Gasteiger partial charge in [0.1, 0.15) is 0 Å². The second kappa shape index (κ2) is 6.39. The molecule has 0 saturated heterocycles. The van der Waals surface area contributed by atoms with Crippen molar-refractivity contribution in [1.29, 1.82) is 0 Å². The maximum absolute atomic E-state index is 6.11. The molecule has 4 heteroatoms. The van der Waals surface area contributed by atoms with Crippen LogP contribution >= 0.6 is 24.0 Å². The van der Waals surface area contributed by atoms with E-state index in [9.17, 15) is 0 Å². The van der Waals surface area contributed by atoms with Crippen LogP contribution in [0.1, 0.15) is 19.8 Å². The number of hydrogen-bond acceptors (Lipinski definition) is 2. The lowest BCUT2D eigenvalue weighted by molar-refractivity contribution is 0.293. The van der Waals surface area contributed by atoms with Crippen LogP contribution in [-0.2, 0) is 0 Å². The topological polar surface area (TPSA) is 6.48 Å². The predicted octanol–water partition coefficient (Wildman–Crippen LogP) is 2.49. The zero-order valence-corrected chi connectivity index (χ0v) is 9.81. The van der Waals surface area contributed by atoms with Crippen LogP contribution in [0.25, 0.3) is 0 Å². The highest BCUT2D eigenvalue weighted by molar-refractivity contribution is 6.20. The Labute approximate surface area is 91.9 Å². The second-order valence-corrected chi connectivity index (χ2v) is 3.97. The molecular weight excluding hydrogens is 207 g/mol. The lowest BCUT2D eigenvalue weighted by Crippen LogP contribution is -2.28. The summed E-state index contributed by atoms with van der Waals surface area (Å²) in [5.74, 6) is 0. The number of nitrogens with zero attached hydrogens (tertiary/aromatic N) is 2. The lowest BCUT2D eigenvalue weighted by atomic mass is 10.2. The first-order valence-corrected chi connectivity index (χ1v) is 4.92. The molecule has 0 fully saturated rings. The minimum Gasteiger partial charge on any atom is -0.362 e. The van der Waals surface area contributed by atoms with Crippen molar-refractivity contribution in [2.24, 2.45) is 0 Å². The van der Waals surface area contributed by atoms with E-state index in [1.165, 1.54) is 6.42 Å². The normalized spacial score (nSPS) is 17.5. The molecule has 1 aliphatic rings. The molecule has 1 heterocycles. The summed E-state index contributed by atoms with van der Waals surface area (Å²) < 4.78 is 0. The monoisotopic (exact) mass is 224 g/mol. The van der Waals surface area contributed by atoms with E-state index in [-0.39, 0.29) is 12.4 Å². The van der Waals surface area contributed by atoms with E-state index in [2.05, 4.69) is 36.2 Å². The van der Waals surface area contributed by atoms with Crippen molar-refractivity contribution in [3.63, 3.8) is 0 Å². The first kappa shape index (κ1) is 12.9. The maximum atomic E-state index is 6.11. The predicted molar refractivity (Wildman–Crippen MR) is 60.3 cm³/mol. The largest absolute Gasteiger partial charge is 0.362 e. The zero-order chi connectivity index (χ0) is 8.97. The molecule has 2 nitrogen and oxygen atoms in total. The minimum atomic E-state index is 0. The lowest BCUT2D eigenvalue weighted by Gasteiger charge is -2.20. The summed E-state index contributed by atoms with van der Waals surface area (Å²) >= 11 is 6.11. The highest BCUT2D eigenvalue weighted by Gasteiger charge is 2.12. The van der Waals surface area contributed by atoms with Gasteiger partial charge in [0.05, 0.1) is 12.0 Å². The van der Waals surface area contributed by atoms with Crippen LogP contribution in [0.15, 0.2) is 12.4 Å². The molecule has 1 aliphatic heterocycles. The maximum Gasteiger partial charge on any atom is 0.0891 e. The Hall–Kier alpha value is -0.0800. The van der Waals surface area contributed by atoms with Crippen LogP contribution < -0.4 is 0 Å². The van der Waals surface area contributed by atoms with Gasteiger partial charge in [0.2, 0.25) is 0 Å². The van der Waals surface area contributed by atoms with Gasteiger partial charge in [0.15, 0.2) is 0 Å². The van der Waals surface area contributed by atoms with Crippen LogP contribution in [0.5, 0.6) is 0 Å². The third kappa shape index (κ3) is 4.63. The number of hydrogen-bond donors (Lipinski definition) is 0. The number of rotatable bonds is 4. The average Bonchev–Trinajstić information content (AvgIpc) is 2.36. The molecule has 0 bridgehead atoms. The molecule has 0 radical (unpaired) electrons. The molecule has 1 rings (SSSR count). The van der Waals surface area contributed by atoms with E-state index in [4.69, 9.17) is 11.6 Å². The summed E-state index contributed by atoms with van der Waals surface area (Å²) in [7, 11) is 2.07. The summed E-state index contributed by atoms with van der Waals surface area (Å²) in [4.78, 5) is 4.39. The molecular formula is C9H18Cl2N2. The molecule has 0 aromatic rings. The first-order chi connectivity index (χ1) is 5.72. The van der Waals surface area contributed by atoms with Gasteiger partial charge in [-0.2, -0.15) is 0 Å². The highest BCUT2D eigenvalue weighted by atomic mass is 35.5. The van der Waals surface area contributed by atoms with E-state index in [0.29, 0.717) is 5.38 Å². The van der Waals surface area contributed by atoms with Gasteiger partial charge in [-0.1, -0.05) is 13.3 Å². The highest BCUT2D eigenvalue weighted by Crippen LogP contribution is 2.11. The quantitative estimate of drug-likeness (QED) is 0.678. The molecule has 0 N–H and O–H groups in total. The van der Waals surface area contributed by atoms with Crippen molar-refractivity contribution in [1.82, 2.24) is 9.80 Å². The fraction of sp³-hybridized carbons (Fsp3) is 0.778. The second-order valence-electron chi connectivity index (χ2n) is 3.35. The van der Waals surface area contributed by atoms with Crippen molar-refractivity contribution in [2.45, 2.75) is 25.1 Å². The molecule has 13 heavy (non-hydrogen) atoms. The summed E-state index contributed by atoms with van der Waals surface area (Å²) in [6, 6.07) is 0. The third-order valence-corrected chi connectivity index (χ3v) is 2.33. The number of alkyl halides is 1. The van der Waals surface area contributed by atoms with Crippen molar-refractivity contribution in [3.05, 3.63) is 12.4 Å². The van der Waals surface area contributed by atoms with Crippen LogP contribution in [0.4, 0.5) is 0 Å². The molecule has 0 aromatic carbocycles. The van der Waals surface area contributed by atoms with Crippen LogP contribution in [0.2, 0.25) is 0 Å². The van der Waals surface area contributed by atoms with Gasteiger partial charge < -0.3 is 9.80 Å². The van der Waals surface area contributed by atoms with Crippen molar-refractivity contribution < 1.29 is 0 Å². The van der Waals surface area contributed by atoms with Gasteiger partial charge in [0.25, 0.3) is 0 Å². The Balaban J connectivity index is 0.00000144. The van der Waals surface area contributed by atoms with E-state index in [0.717, 1.165) is 19.6 Å². The van der Waals surface area contributed by atoms with Gasteiger partial charge >= 0.3 is 0 Å². The fourth-order valence-corrected chi connectivity index (χ4v) is 1.76. The summed E-state index contributed by atoms with van der Waals surface area (Å²) in [5.41, 5.74) is 0. The molecule has 0 aromatic heterocycles. The molecule has 0 amide bonds. The van der Waals surface area contributed by atoms with Crippen LogP contribution in [0, 0.1) is 0 Å². The van der Waals surface area contributed by atoms with E-state index in [1.807, 2.05) is 0 Å². The van der Waals surface area contributed by atoms with Gasteiger partial charge in [-0.05, 0) is 6.42 Å². The summed E-state index contributed by atoms with van der Waals surface area (Å²) in [5, 5.41) is 0.297. The SMILES string of the molecule is CCCC(Cl)CN1C=CN(C)C1.Cl. The third-order valence-electron chi connectivity index (χ3n) is 1.97. The van der Waals surface area contributed by atoms with Crippen LogP contribution in [-0.4, -0.2) is 35.4 Å². The Bertz CT molecular complexity index is 162. The van der Waals surface area contributed by atoms with Crippen molar-refractivity contribution >= 4 is 24.0 Å². The Morgan fingerprint density at radius 2 is 2.15 bits per heavy atom. The van der Waals surface area contributed by atoms with Gasteiger partial charge in [-0.25, -0.2) is 0 Å². The average molecular weight is 225 g/mol. The minimum absolute atomic E-state index is 0. The molecule has 78 valence electrons.